The van der Waals surface area contributed by atoms with Gasteiger partial charge in [-0.05, 0) is 24.6 Å². The number of rotatable bonds is 1. The van der Waals surface area contributed by atoms with Crippen molar-refractivity contribution in [3.05, 3.63) is 29.8 Å². The van der Waals surface area contributed by atoms with Crippen LogP contribution in [0.3, 0.4) is 0 Å². The predicted molar refractivity (Wildman–Crippen MR) is 58.7 cm³/mol. The summed E-state index contributed by atoms with van der Waals surface area (Å²) in [6.45, 7) is 1.70. The average molecular weight is 194 g/mol. The van der Waals surface area contributed by atoms with Crippen molar-refractivity contribution in [2.45, 2.75) is 6.92 Å². The molecule has 0 unspecified atom stereocenters. The molecule has 0 aliphatic carbocycles. The Balaban J connectivity index is 0.000000500. The van der Waals surface area contributed by atoms with Crippen LogP contribution in [0.15, 0.2) is 24.3 Å². The summed E-state index contributed by atoms with van der Waals surface area (Å²) in [5.74, 6) is 0. The monoisotopic (exact) mass is 194 g/mol. The lowest BCUT2D eigenvalue weighted by Crippen LogP contribution is -1.92. The summed E-state index contributed by atoms with van der Waals surface area (Å²) in [4.78, 5) is 8.36. The van der Waals surface area contributed by atoms with Crippen LogP contribution in [0.5, 0.6) is 0 Å². The summed E-state index contributed by atoms with van der Waals surface area (Å²) in [6.07, 6.45) is 3.90. The number of benzene rings is 1. The van der Waals surface area contributed by atoms with Gasteiger partial charge in [-0.3, -0.25) is 4.79 Å². The van der Waals surface area contributed by atoms with Crippen molar-refractivity contribution < 1.29 is 9.90 Å². The number of hydrogen-bond donors (Lipinski definition) is 3. The Morgan fingerprint density at radius 2 is 1.93 bits per heavy atom. The van der Waals surface area contributed by atoms with Gasteiger partial charge in [0, 0.05) is 11.4 Å². The first kappa shape index (κ1) is 12.0. The number of carbonyl (C=O) groups is 1. The molecule has 1 aromatic rings. The van der Waals surface area contributed by atoms with E-state index in [9.17, 15) is 0 Å². The molecule has 0 atom stereocenters. The fraction of sp³-hybridized carbons (Fsp3) is 0.100. The van der Waals surface area contributed by atoms with Crippen molar-refractivity contribution in [2.24, 2.45) is 0 Å². The van der Waals surface area contributed by atoms with Crippen LogP contribution in [0.1, 0.15) is 12.5 Å². The van der Waals surface area contributed by atoms with E-state index in [2.05, 4.69) is 0 Å². The molecule has 1 aromatic carbocycles. The zero-order valence-electron chi connectivity index (χ0n) is 7.97. The smallest absolute Gasteiger partial charge is 0.290 e. The number of nitrogens with two attached hydrogens (primary N) is 2. The highest BCUT2D eigenvalue weighted by atomic mass is 16.3. The number of carboxylic acid groups (broad SMARTS) is 1. The Labute approximate surface area is 82.8 Å². The van der Waals surface area contributed by atoms with Gasteiger partial charge in [0.15, 0.2) is 0 Å². The molecular weight excluding hydrogens is 180 g/mol. The third-order valence-corrected chi connectivity index (χ3v) is 1.46. The van der Waals surface area contributed by atoms with Crippen LogP contribution in [0, 0.1) is 0 Å². The average Bonchev–Trinajstić information content (AvgIpc) is 2.11. The van der Waals surface area contributed by atoms with Gasteiger partial charge < -0.3 is 16.6 Å². The van der Waals surface area contributed by atoms with E-state index in [4.69, 9.17) is 21.4 Å². The second-order valence-corrected chi connectivity index (χ2v) is 2.49. The molecule has 0 saturated carbocycles. The van der Waals surface area contributed by atoms with Crippen molar-refractivity contribution in [2.75, 3.05) is 11.5 Å². The molecule has 0 heterocycles. The highest BCUT2D eigenvalue weighted by Gasteiger charge is 1.93. The topological polar surface area (TPSA) is 89.3 Å². The molecule has 0 radical (unpaired) electrons. The zero-order chi connectivity index (χ0) is 11.0. The molecule has 76 valence electrons. The molecule has 0 aliphatic rings. The third kappa shape index (κ3) is 4.15. The summed E-state index contributed by atoms with van der Waals surface area (Å²) in [7, 11) is 0. The van der Waals surface area contributed by atoms with Crippen LogP contribution >= 0.6 is 0 Å². The van der Waals surface area contributed by atoms with Gasteiger partial charge in [0.2, 0.25) is 0 Å². The highest BCUT2D eigenvalue weighted by molar-refractivity contribution is 5.68. The number of allylic oxidation sites excluding steroid dienone is 1. The molecule has 0 fully saturated rings. The molecule has 4 nitrogen and oxygen atoms in total. The van der Waals surface area contributed by atoms with Crippen LogP contribution in [-0.4, -0.2) is 11.6 Å². The SMILES string of the molecule is CC=Cc1ccc(N)cc1N.O=CO. The Hall–Kier alpha value is -1.97. The second-order valence-electron chi connectivity index (χ2n) is 2.49. The molecule has 0 aromatic heterocycles. The van der Waals surface area contributed by atoms with Crippen molar-refractivity contribution in [3.63, 3.8) is 0 Å². The summed E-state index contributed by atoms with van der Waals surface area (Å²) in [6, 6.07) is 5.51. The maximum Gasteiger partial charge on any atom is 0.290 e. The van der Waals surface area contributed by atoms with Gasteiger partial charge in [0.1, 0.15) is 0 Å². The molecule has 0 amide bonds. The third-order valence-electron chi connectivity index (χ3n) is 1.46. The summed E-state index contributed by atoms with van der Waals surface area (Å²) in [5, 5.41) is 6.89. The van der Waals surface area contributed by atoms with E-state index in [0.29, 0.717) is 5.69 Å². The number of nitrogen functional groups attached to an aromatic ring is 2. The minimum Gasteiger partial charge on any atom is -0.483 e. The predicted octanol–water partition coefficient (Wildman–Crippen LogP) is 1.58. The van der Waals surface area contributed by atoms with Crippen LogP contribution in [-0.2, 0) is 4.79 Å². The van der Waals surface area contributed by atoms with E-state index < -0.39 is 0 Å². The molecule has 5 N–H and O–H groups in total. The van der Waals surface area contributed by atoms with Gasteiger partial charge in [-0.2, -0.15) is 0 Å². The van der Waals surface area contributed by atoms with Gasteiger partial charge in [0.25, 0.3) is 6.47 Å². The van der Waals surface area contributed by atoms with Gasteiger partial charge in [-0.15, -0.1) is 0 Å². The van der Waals surface area contributed by atoms with Crippen LogP contribution < -0.4 is 11.5 Å². The Bertz CT molecular complexity index is 322. The normalized spacial score (nSPS) is 9.21. The van der Waals surface area contributed by atoms with Crippen LogP contribution in [0.4, 0.5) is 11.4 Å². The molecular formula is C10H14N2O2. The molecule has 0 saturated heterocycles. The summed E-state index contributed by atoms with van der Waals surface area (Å²) < 4.78 is 0. The van der Waals surface area contributed by atoms with Crippen molar-refractivity contribution in [3.8, 4) is 0 Å². The quantitative estimate of drug-likeness (QED) is 0.467. The maximum absolute atomic E-state index is 8.36. The van der Waals surface area contributed by atoms with Gasteiger partial charge in [-0.1, -0.05) is 18.2 Å². The minimum atomic E-state index is -0.250. The van der Waals surface area contributed by atoms with Gasteiger partial charge in [0.05, 0.1) is 0 Å². The van der Waals surface area contributed by atoms with Crippen LogP contribution in [0.2, 0.25) is 0 Å². The largest absolute Gasteiger partial charge is 0.483 e. The van der Waals surface area contributed by atoms with E-state index in [1.807, 2.05) is 31.2 Å². The Morgan fingerprint density at radius 1 is 1.36 bits per heavy atom. The number of hydrogen-bond acceptors (Lipinski definition) is 3. The second kappa shape index (κ2) is 6.54. The molecule has 1 rings (SSSR count). The summed E-state index contributed by atoms with van der Waals surface area (Å²) in [5.41, 5.74) is 13.6. The standard InChI is InChI=1S/C9H12N2.CH2O2/c1-2-3-7-4-5-8(10)6-9(7)11;2-1-3/h2-6H,10-11H2,1H3;1H,(H,2,3). The fourth-order valence-electron chi connectivity index (χ4n) is 0.925. The van der Waals surface area contributed by atoms with Crippen LogP contribution in [0.25, 0.3) is 6.08 Å². The Morgan fingerprint density at radius 3 is 2.36 bits per heavy atom. The van der Waals surface area contributed by atoms with Crippen molar-refractivity contribution in [1.29, 1.82) is 0 Å². The molecule has 0 aliphatic heterocycles. The Kier molecular flexibility index (Phi) is 5.62. The van der Waals surface area contributed by atoms with E-state index in [1.54, 1.807) is 6.07 Å². The summed E-state index contributed by atoms with van der Waals surface area (Å²) >= 11 is 0. The van der Waals surface area contributed by atoms with E-state index in [-0.39, 0.29) is 6.47 Å². The maximum atomic E-state index is 8.36. The first-order valence-corrected chi connectivity index (χ1v) is 4.01. The first-order chi connectivity index (χ1) is 6.65. The van der Waals surface area contributed by atoms with Gasteiger partial charge in [-0.25, -0.2) is 0 Å². The molecule has 0 bridgehead atoms. The molecule has 4 heteroatoms. The zero-order valence-corrected chi connectivity index (χ0v) is 7.97. The highest BCUT2D eigenvalue weighted by Crippen LogP contribution is 2.16. The van der Waals surface area contributed by atoms with E-state index >= 15 is 0 Å². The van der Waals surface area contributed by atoms with Gasteiger partial charge >= 0.3 is 0 Å². The lowest BCUT2D eigenvalue weighted by Gasteiger charge is -2.00. The van der Waals surface area contributed by atoms with E-state index in [1.165, 1.54) is 0 Å². The lowest BCUT2D eigenvalue weighted by molar-refractivity contribution is -0.122. The number of anilines is 2. The first-order valence-electron chi connectivity index (χ1n) is 4.01. The minimum absolute atomic E-state index is 0.250. The van der Waals surface area contributed by atoms with Crippen molar-refractivity contribution >= 4 is 23.9 Å². The molecule has 14 heavy (non-hydrogen) atoms. The van der Waals surface area contributed by atoms with E-state index in [0.717, 1.165) is 11.3 Å². The molecule has 0 spiro atoms. The fourth-order valence-corrected chi connectivity index (χ4v) is 0.925. The lowest BCUT2D eigenvalue weighted by atomic mass is 10.1. The van der Waals surface area contributed by atoms with Crippen molar-refractivity contribution in [1.82, 2.24) is 0 Å².